The minimum Gasteiger partial charge on any atom is -0.483 e. The number of carbonyl (C=O) groups is 1. The molecule has 1 amide bonds. The molecule has 1 N–H and O–H groups in total. The van der Waals surface area contributed by atoms with Gasteiger partial charge in [0.25, 0.3) is 5.91 Å². The lowest BCUT2D eigenvalue weighted by Crippen LogP contribution is -2.30. The summed E-state index contributed by atoms with van der Waals surface area (Å²) in [6, 6.07) is 8.22. The van der Waals surface area contributed by atoms with Crippen LogP contribution in [-0.2, 0) is 10.5 Å². The molecule has 0 saturated heterocycles. The van der Waals surface area contributed by atoms with Gasteiger partial charge in [-0.2, -0.15) is 11.8 Å². The number of hydrogen-bond acceptors (Lipinski definition) is 4. The topological polar surface area (TPSA) is 38.3 Å². The van der Waals surface area contributed by atoms with E-state index in [1.54, 1.807) is 23.1 Å². The van der Waals surface area contributed by atoms with Gasteiger partial charge >= 0.3 is 0 Å². The summed E-state index contributed by atoms with van der Waals surface area (Å²) in [6.45, 7) is 0.517. The molecule has 2 aromatic rings. The molecule has 7 heteroatoms. The standard InChI is InChI=1S/C15H15BrFNO2S2/c16-13-8-11(17)3-4-14(13)20-9-15(19)18-5-7-21-10-12-2-1-6-22-12/h1-4,6,8H,5,7,9-10H2,(H,18,19). The highest BCUT2D eigenvalue weighted by molar-refractivity contribution is 9.10. The van der Waals surface area contributed by atoms with Crippen molar-refractivity contribution in [2.45, 2.75) is 5.75 Å². The van der Waals surface area contributed by atoms with Crippen LogP contribution in [0.15, 0.2) is 40.2 Å². The number of thioether (sulfide) groups is 1. The van der Waals surface area contributed by atoms with Crippen molar-refractivity contribution in [1.82, 2.24) is 5.32 Å². The van der Waals surface area contributed by atoms with E-state index in [1.165, 1.54) is 23.1 Å². The lowest BCUT2D eigenvalue weighted by atomic mass is 10.3. The van der Waals surface area contributed by atoms with E-state index in [1.807, 2.05) is 6.07 Å². The third-order valence-electron chi connectivity index (χ3n) is 2.65. The van der Waals surface area contributed by atoms with Crippen molar-refractivity contribution >= 4 is 44.9 Å². The number of rotatable bonds is 8. The summed E-state index contributed by atoms with van der Waals surface area (Å²) in [7, 11) is 0. The molecule has 1 heterocycles. The van der Waals surface area contributed by atoms with Crippen molar-refractivity contribution in [2.75, 3.05) is 18.9 Å². The van der Waals surface area contributed by atoms with E-state index in [2.05, 4.69) is 32.7 Å². The Hall–Kier alpha value is -1.05. The highest BCUT2D eigenvalue weighted by Gasteiger charge is 2.06. The monoisotopic (exact) mass is 403 g/mol. The molecule has 0 saturated carbocycles. The normalized spacial score (nSPS) is 10.5. The van der Waals surface area contributed by atoms with Crippen molar-refractivity contribution in [3.63, 3.8) is 0 Å². The number of nitrogens with one attached hydrogen (secondary N) is 1. The second-order valence-corrected chi connectivity index (χ2v) is 7.34. The van der Waals surface area contributed by atoms with Gasteiger partial charge in [-0.15, -0.1) is 11.3 Å². The van der Waals surface area contributed by atoms with Gasteiger partial charge in [0.05, 0.1) is 4.47 Å². The number of thiophene rings is 1. The Bertz CT molecular complexity index is 608. The Kier molecular flexibility index (Phi) is 7.21. The van der Waals surface area contributed by atoms with E-state index in [4.69, 9.17) is 4.74 Å². The molecule has 0 aliphatic carbocycles. The molecule has 0 aliphatic heterocycles. The lowest BCUT2D eigenvalue weighted by molar-refractivity contribution is -0.122. The fourth-order valence-corrected chi connectivity index (χ4v) is 3.78. The minimum atomic E-state index is -0.355. The van der Waals surface area contributed by atoms with Gasteiger partial charge in [-0.05, 0) is 45.6 Å². The molecule has 3 nitrogen and oxygen atoms in total. The Morgan fingerprint density at radius 3 is 3.00 bits per heavy atom. The number of hydrogen-bond donors (Lipinski definition) is 1. The molecule has 118 valence electrons. The Morgan fingerprint density at radius 1 is 1.41 bits per heavy atom. The quantitative estimate of drug-likeness (QED) is 0.674. The zero-order valence-corrected chi connectivity index (χ0v) is 14.9. The molecule has 0 bridgehead atoms. The number of benzene rings is 1. The van der Waals surface area contributed by atoms with Gasteiger partial charge in [-0.3, -0.25) is 4.79 Å². The SMILES string of the molecule is O=C(COc1ccc(F)cc1Br)NCCSCc1cccs1. The number of carbonyl (C=O) groups excluding carboxylic acids is 1. The summed E-state index contributed by atoms with van der Waals surface area (Å²) < 4.78 is 18.8. The maximum atomic E-state index is 12.9. The first kappa shape index (κ1) is 17.3. The molecular weight excluding hydrogens is 389 g/mol. The second kappa shape index (κ2) is 9.17. The van der Waals surface area contributed by atoms with Crippen LogP contribution < -0.4 is 10.1 Å². The highest BCUT2D eigenvalue weighted by Crippen LogP contribution is 2.25. The molecule has 0 unspecified atom stereocenters. The maximum Gasteiger partial charge on any atom is 0.257 e. The van der Waals surface area contributed by atoms with E-state index in [0.717, 1.165) is 11.5 Å². The molecular formula is C15H15BrFNO2S2. The van der Waals surface area contributed by atoms with Gasteiger partial charge in [0.2, 0.25) is 0 Å². The Balaban J connectivity index is 1.59. The van der Waals surface area contributed by atoms with Crippen LogP contribution >= 0.6 is 39.0 Å². The summed E-state index contributed by atoms with van der Waals surface area (Å²) in [5.41, 5.74) is 0. The first-order chi connectivity index (χ1) is 10.6. The van der Waals surface area contributed by atoms with Crippen LogP contribution in [0.25, 0.3) is 0 Å². The van der Waals surface area contributed by atoms with Crippen LogP contribution in [0.3, 0.4) is 0 Å². The van der Waals surface area contributed by atoms with Gasteiger partial charge in [0.15, 0.2) is 6.61 Å². The van der Waals surface area contributed by atoms with E-state index >= 15 is 0 Å². The maximum absolute atomic E-state index is 12.9. The van der Waals surface area contributed by atoms with Gasteiger partial charge in [-0.1, -0.05) is 6.07 Å². The first-order valence-electron chi connectivity index (χ1n) is 6.60. The zero-order valence-electron chi connectivity index (χ0n) is 11.7. The third-order valence-corrected chi connectivity index (χ3v) is 5.33. The van der Waals surface area contributed by atoms with Crippen molar-refractivity contribution < 1.29 is 13.9 Å². The largest absolute Gasteiger partial charge is 0.483 e. The summed E-state index contributed by atoms with van der Waals surface area (Å²) in [5, 5.41) is 4.85. The molecule has 0 fully saturated rings. The van der Waals surface area contributed by atoms with Gasteiger partial charge in [0.1, 0.15) is 11.6 Å². The first-order valence-corrected chi connectivity index (χ1v) is 9.42. The molecule has 0 atom stereocenters. The van der Waals surface area contributed by atoms with Crippen LogP contribution in [0.4, 0.5) is 4.39 Å². The van der Waals surface area contributed by atoms with Crippen LogP contribution in [0.1, 0.15) is 4.88 Å². The van der Waals surface area contributed by atoms with Gasteiger partial charge < -0.3 is 10.1 Å². The number of ether oxygens (including phenoxy) is 1. The van der Waals surface area contributed by atoms with Crippen molar-refractivity contribution in [3.8, 4) is 5.75 Å². The minimum absolute atomic E-state index is 0.0835. The zero-order chi connectivity index (χ0) is 15.8. The van der Waals surface area contributed by atoms with Crippen LogP contribution in [0.2, 0.25) is 0 Å². The Morgan fingerprint density at radius 2 is 2.27 bits per heavy atom. The van der Waals surface area contributed by atoms with E-state index in [9.17, 15) is 9.18 Å². The van der Waals surface area contributed by atoms with Crippen LogP contribution in [-0.4, -0.2) is 24.8 Å². The molecule has 22 heavy (non-hydrogen) atoms. The average Bonchev–Trinajstić information content (AvgIpc) is 2.99. The molecule has 0 aliphatic rings. The highest BCUT2D eigenvalue weighted by atomic mass is 79.9. The van der Waals surface area contributed by atoms with Crippen molar-refractivity contribution in [3.05, 3.63) is 50.9 Å². The predicted molar refractivity (Wildman–Crippen MR) is 93.1 cm³/mol. The molecule has 1 aromatic carbocycles. The van der Waals surface area contributed by atoms with Crippen molar-refractivity contribution in [2.24, 2.45) is 0 Å². The summed E-state index contributed by atoms with van der Waals surface area (Å²) >= 11 is 6.70. The fraction of sp³-hybridized carbons (Fsp3) is 0.267. The van der Waals surface area contributed by atoms with Crippen molar-refractivity contribution in [1.29, 1.82) is 0 Å². The lowest BCUT2D eigenvalue weighted by Gasteiger charge is -2.08. The molecule has 0 spiro atoms. The number of amides is 1. The summed E-state index contributed by atoms with van der Waals surface area (Å²) in [5.74, 6) is 1.72. The molecule has 1 aromatic heterocycles. The average molecular weight is 404 g/mol. The van der Waals surface area contributed by atoms with Gasteiger partial charge in [0, 0.05) is 22.9 Å². The number of halogens is 2. The summed E-state index contributed by atoms with van der Waals surface area (Å²) in [6.07, 6.45) is 0. The second-order valence-electron chi connectivity index (χ2n) is 4.35. The fourth-order valence-electron chi connectivity index (χ4n) is 1.62. The molecule has 0 radical (unpaired) electrons. The van der Waals surface area contributed by atoms with Crippen LogP contribution in [0, 0.1) is 5.82 Å². The third kappa shape index (κ3) is 5.98. The summed E-state index contributed by atoms with van der Waals surface area (Å²) in [4.78, 5) is 13.0. The van der Waals surface area contributed by atoms with Gasteiger partial charge in [-0.25, -0.2) is 4.39 Å². The Labute approximate surface area is 145 Å². The predicted octanol–water partition coefficient (Wildman–Crippen LogP) is 4.08. The smallest absolute Gasteiger partial charge is 0.257 e. The van der Waals surface area contributed by atoms with E-state index in [0.29, 0.717) is 16.8 Å². The van der Waals surface area contributed by atoms with E-state index < -0.39 is 0 Å². The molecule has 2 rings (SSSR count). The van der Waals surface area contributed by atoms with Crippen LogP contribution in [0.5, 0.6) is 5.75 Å². The van der Waals surface area contributed by atoms with E-state index in [-0.39, 0.29) is 18.3 Å².